The predicted molar refractivity (Wildman–Crippen MR) is 391 cm³/mol. The Balaban J connectivity index is 1.19. The first-order chi connectivity index (χ1) is 48.9. The van der Waals surface area contributed by atoms with Crippen molar-refractivity contribution in [2.45, 2.75) is 151 Å². The molecule has 0 spiro atoms. The Hall–Kier alpha value is -7.20. The minimum Gasteiger partial charge on any atom is -0.508 e. The van der Waals surface area contributed by atoms with Crippen LogP contribution in [0.1, 0.15) is 100 Å². The number of carbonyl (C=O) groups is 10. The van der Waals surface area contributed by atoms with Gasteiger partial charge in [-0.25, -0.2) is 0 Å². The third kappa shape index (κ3) is 26.8. The lowest BCUT2D eigenvalue weighted by molar-refractivity contribution is -0.148. The Labute approximate surface area is 604 Å². The average Bonchev–Trinajstić information content (AvgIpc) is 1.59. The molecule has 5 aliphatic rings. The molecule has 2 unspecified atom stereocenters. The SMILES string of the molecule is CC(O)[C@H](CC(=O)[C@@H]1CSSC[C@H](CC(=O)[C@@H](Cc2ccccc2)NC(=O)CCCC(=O)NC23CNCCNCC(N)(CNCCNC2)CNCCNC3)C(=O)N[C@@H](Cc2ccc(O)cc2)C(=O)C[C@H](CC2=CCc3ccccc32)C(=O)N[C@@H](CCCCN)C(=O)N[C@@H](C(C)O)C(=O)N1)C(=O)O. The van der Waals surface area contributed by atoms with E-state index in [9.17, 15) is 49.2 Å². The summed E-state index contributed by atoms with van der Waals surface area (Å²) < 4.78 is 0. The van der Waals surface area contributed by atoms with Crippen LogP contribution in [-0.4, -0.2) is 229 Å². The van der Waals surface area contributed by atoms with Gasteiger partial charge in [0.25, 0.3) is 0 Å². The smallest absolute Gasteiger partial charge is 0.309 e. The van der Waals surface area contributed by atoms with Gasteiger partial charge < -0.3 is 95.7 Å². The van der Waals surface area contributed by atoms with Gasteiger partial charge in [-0.3, -0.25) is 47.9 Å². The summed E-state index contributed by atoms with van der Waals surface area (Å²) in [5.41, 5.74) is 15.2. The maximum atomic E-state index is 15.4. The highest BCUT2D eigenvalue weighted by Gasteiger charge is 2.39. The number of aromatic hydroxyl groups is 1. The highest BCUT2D eigenvalue weighted by molar-refractivity contribution is 8.76. The average molecular weight is 1460 g/mol. The number of carbonyl (C=O) groups excluding carboxylic acids is 9. The van der Waals surface area contributed by atoms with Gasteiger partial charge in [0.05, 0.1) is 53.2 Å². The van der Waals surface area contributed by atoms with Crippen molar-refractivity contribution >= 4 is 85.9 Å². The zero-order valence-corrected chi connectivity index (χ0v) is 60.1. The van der Waals surface area contributed by atoms with Crippen molar-refractivity contribution in [1.82, 2.24) is 63.8 Å². The van der Waals surface area contributed by atoms with Crippen molar-refractivity contribution in [1.29, 1.82) is 0 Å². The molecule has 4 aliphatic heterocycles. The highest BCUT2D eigenvalue weighted by Crippen LogP contribution is 2.34. The number of aliphatic hydroxyl groups is 2. The number of fused-ring (bicyclic) bond motifs is 16. The van der Waals surface area contributed by atoms with Gasteiger partial charge in [0, 0.05) is 128 Å². The van der Waals surface area contributed by atoms with Gasteiger partial charge in [-0.15, -0.1) is 0 Å². The lowest BCUT2D eigenvalue weighted by atomic mass is 9.87. The maximum absolute atomic E-state index is 15.4. The Bertz CT molecular complexity index is 3270. The standard InChI is InChI=1S/C72H106N14O14S2/c1-45(87)55(70(99)100)36-62(92)59-38-102-101-37-52(35-61(91)57(31-47-11-4-3-5-12-47)81-63(93)16-10-17-64(94)86-72-42-78-28-25-75-39-71(74,40-76-26-29-79-43-72)41-77-27-30-80-44-72)67(96)83-58(32-48-18-22-53(89)23-19-48)60(90)34-51(33-50-21-20-49-13-6-7-14-54(49)50)66(95)82-56(15-8-9-24-73)68(97)85-65(46(2)88)69(98)84-59/h3-7,11-14,18-19,21-23,45-46,51-52,55-59,65,75-80,87-89H,8-10,15-17,20,24-44,73-74H2,1-2H3,(H,81,93)(H,82,95)(H,83,96)(H,84,98)(H,85,97)(H,86,94)(H,99,100)/t45?,46?,51-,52-,55-,56-,57+,58-,59-,65-,71?,72?/m0/s1. The number of aliphatic hydroxyl groups excluding tert-OH is 2. The quantitative estimate of drug-likeness (QED) is 0.0358. The van der Waals surface area contributed by atoms with Crippen LogP contribution in [0.25, 0.3) is 5.57 Å². The van der Waals surface area contributed by atoms with Crippen LogP contribution in [0.5, 0.6) is 5.75 Å². The molecule has 0 radical (unpaired) electrons. The number of rotatable bonds is 25. The van der Waals surface area contributed by atoms with Gasteiger partial charge in [-0.05, 0) is 112 Å². The first-order valence-electron chi connectivity index (χ1n) is 35.5. The number of ketones is 3. The van der Waals surface area contributed by atoms with Crippen LogP contribution in [0, 0.1) is 17.8 Å². The van der Waals surface area contributed by atoms with E-state index in [1.807, 2.05) is 30.3 Å². The van der Waals surface area contributed by atoms with Crippen molar-refractivity contribution in [3.63, 3.8) is 0 Å². The summed E-state index contributed by atoms with van der Waals surface area (Å²) in [6.45, 7) is 9.50. The molecule has 3 aromatic rings. The molecule has 2 bridgehead atoms. The summed E-state index contributed by atoms with van der Waals surface area (Å²) in [4.78, 5) is 145. The molecule has 0 aromatic heterocycles. The van der Waals surface area contributed by atoms with E-state index in [4.69, 9.17) is 11.5 Å². The maximum Gasteiger partial charge on any atom is 0.309 e. The van der Waals surface area contributed by atoms with E-state index < -0.39 is 143 Å². The number of benzene rings is 3. The fourth-order valence-corrected chi connectivity index (χ4v) is 15.4. The van der Waals surface area contributed by atoms with Crippen molar-refractivity contribution in [3.8, 4) is 5.75 Å². The number of nitrogens with one attached hydrogen (secondary N) is 12. The molecule has 28 nitrogen and oxygen atoms in total. The lowest BCUT2D eigenvalue weighted by Crippen LogP contribution is -2.67. The first-order valence-corrected chi connectivity index (χ1v) is 38.0. The number of carboxylic acids is 1. The number of amides is 6. The third-order valence-corrected chi connectivity index (χ3v) is 21.3. The van der Waals surface area contributed by atoms with Crippen LogP contribution in [0.2, 0.25) is 0 Å². The zero-order valence-electron chi connectivity index (χ0n) is 58.5. The van der Waals surface area contributed by atoms with Gasteiger partial charge >= 0.3 is 5.97 Å². The molecule has 4 saturated heterocycles. The molecule has 560 valence electrons. The highest BCUT2D eigenvalue weighted by atomic mass is 33.1. The minimum atomic E-state index is -1.75. The minimum absolute atomic E-state index is 0.00309. The Morgan fingerprint density at radius 3 is 1.84 bits per heavy atom. The number of nitrogens with two attached hydrogens (primary N) is 2. The first kappa shape index (κ1) is 82.1. The van der Waals surface area contributed by atoms with Gasteiger partial charge in [0.2, 0.25) is 35.4 Å². The molecule has 30 heteroatoms. The molecule has 8 rings (SSSR count). The number of phenols is 1. The number of Topliss-reactive ketones (excluding diaryl/α,β-unsaturated/α-hetero) is 3. The molecule has 4 heterocycles. The van der Waals surface area contributed by atoms with E-state index >= 15 is 19.2 Å². The normalized spacial score (nSPS) is 25.5. The van der Waals surface area contributed by atoms with Crippen LogP contribution in [0.15, 0.2) is 84.9 Å². The predicted octanol–water partition coefficient (Wildman–Crippen LogP) is -0.985. The van der Waals surface area contributed by atoms with E-state index in [-0.39, 0.29) is 74.7 Å². The second-order valence-electron chi connectivity index (χ2n) is 27.4. The van der Waals surface area contributed by atoms with Gasteiger partial charge in [0.1, 0.15) is 17.8 Å². The Morgan fingerprint density at radius 1 is 0.637 bits per heavy atom. The summed E-state index contributed by atoms with van der Waals surface area (Å²) in [6.07, 6.45) is -1.87. The molecule has 102 heavy (non-hydrogen) atoms. The van der Waals surface area contributed by atoms with Crippen molar-refractivity contribution in [2.75, 3.05) is 96.6 Å². The largest absolute Gasteiger partial charge is 0.508 e. The molecular formula is C72H106N14O14S2. The number of aliphatic carboxylic acids is 1. The van der Waals surface area contributed by atoms with E-state index in [0.29, 0.717) is 109 Å². The monoisotopic (exact) mass is 1450 g/mol. The van der Waals surface area contributed by atoms with Gasteiger partial charge in [-0.1, -0.05) is 94.4 Å². The molecular weight excluding hydrogens is 1350 g/mol. The summed E-state index contributed by atoms with van der Waals surface area (Å²) >= 11 is 0. The molecule has 20 N–H and O–H groups in total. The van der Waals surface area contributed by atoms with Crippen molar-refractivity contribution in [2.24, 2.45) is 29.2 Å². The molecule has 6 amide bonds. The molecule has 4 fully saturated rings. The summed E-state index contributed by atoms with van der Waals surface area (Å²) in [5.74, 6) is -12.4. The fourth-order valence-electron chi connectivity index (χ4n) is 12.9. The topological polar surface area (TPSA) is 448 Å². The van der Waals surface area contributed by atoms with Crippen LogP contribution in [0.4, 0.5) is 0 Å². The van der Waals surface area contributed by atoms with E-state index in [1.54, 1.807) is 42.5 Å². The number of carboxylic acid groups (broad SMARTS) is 1. The molecule has 1 aliphatic carbocycles. The number of phenolic OH excluding ortho intramolecular Hbond substituents is 1. The van der Waals surface area contributed by atoms with Crippen LogP contribution in [-0.2, 0) is 67.2 Å². The van der Waals surface area contributed by atoms with Gasteiger partial charge in [0.15, 0.2) is 17.3 Å². The van der Waals surface area contributed by atoms with Gasteiger partial charge in [-0.2, -0.15) is 0 Å². The number of allylic oxidation sites excluding steroid dienone is 2. The van der Waals surface area contributed by atoms with Crippen LogP contribution >= 0.6 is 21.6 Å². The summed E-state index contributed by atoms with van der Waals surface area (Å²) in [7, 11) is 1.97. The second kappa shape index (κ2) is 41.9. The lowest BCUT2D eigenvalue weighted by Gasteiger charge is -2.37. The Morgan fingerprint density at radius 2 is 1.23 bits per heavy atom. The molecule has 0 saturated carbocycles. The summed E-state index contributed by atoms with van der Waals surface area (Å²) in [6, 6.07) is 15.2. The number of unbranched alkanes of at least 4 members (excludes halogenated alkanes) is 1. The number of hydrogen-bond acceptors (Lipinski definition) is 23. The van der Waals surface area contributed by atoms with E-state index in [0.717, 1.165) is 38.3 Å². The second-order valence-corrected chi connectivity index (χ2v) is 30.0. The Kier molecular flexibility index (Phi) is 33.7. The van der Waals surface area contributed by atoms with Crippen molar-refractivity contribution in [3.05, 3.63) is 107 Å². The summed E-state index contributed by atoms with van der Waals surface area (Å²) in [5, 5.41) is 79.9. The molecule has 10 atom stereocenters. The third-order valence-electron chi connectivity index (χ3n) is 18.8. The van der Waals surface area contributed by atoms with E-state index in [1.165, 1.54) is 26.0 Å². The fraction of sp³-hybridized carbons (Fsp3) is 0.583. The molecule has 3 aromatic carbocycles. The van der Waals surface area contributed by atoms with E-state index in [2.05, 4.69) is 63.8 Å². The van der Waals surface area contributed by atoms with Crippen molar-refractivity contribution < 1.29 is 68.4 Å². The van der Waals surface area contributed by atoms with Crippen LogP contribution < -0.4 is 75.3 Å². The van der Waals surface area contributed by atoms with Crippen LogP contribution in [0.3, 0.4) is 0 Å². The zero-order chi connectivity index (χ0) is 73.6. The number of hydrogen-bond donors (Lipinski definition) is 18.